The smallest absolute Gasteiger partial charge is 0.262 e. The normalized spacial score (nSPS) is 17.7. The van der Waals surface area contributed by atoms with E-state index in [1.807, 2.05) is 18.7 Å². The van der Waals surface area contributed by atoms with Crippen LogP contribution in [0, 0.1) is 5.92 Å². The van der Waals surface area contributed by atoms with E-state index in [9.17, 15) is 19.2 Å². The third-order valence-corrected chi connectivity index (χ3v) is 5.46. The van der Waals surface area contributed by atoms with Crippen LogP contribution >= 0.6 is 0 Å². The van der Waals surface area contributed by atoms with Gasteiger partial charge in [-0.25, -0.2) is 0 Å². The Bertz CT molecular complexity index is 861. The summed E-state index contributed by atoms with van der Waals surface area (Å²) in [6, 6.07) is 4.63. The largest absolute Gasteiger partial charge is 0.349 e. The lowest BCUT2D eigenvalue weighted by Gasteiger charge is -2.33. The summed E-state index contributed by atoms with van der Waals surface area (Å²) in [6.07, 6.45) is 1.40. The van der Waals surface area contributed by atoms with E-state index < -0.39 is 5.54 Å². The Hall–Kier alpha value is -2.70. The zero-order valence-electron chi connectivity index (χ0n) is 17.7. The van der Waals surface area contributed by atoms with Crippen LogP contribution in [0.25, 0.3) is 0 Å². The predicted molar refractivity (Wildman–Crippen MR) is 109 cm³/mol. The molecule has 3 rings (SSSR count). The lowest BCUT2D eigenvalue weighted by molar-refractivity contribution is -0.135. The van der Waals surface area contributed by atoms with Crippen molar-refractivity contribution in [3.63, 3.8) is 0 Å². The molecule has 1 aromatic rings. The van der Waals surface area contributed by atoms with E-state index in [0.717, 1.165) is 0 Å². The van der Waals surface area contributed by atoms with Crippen LogP contribution in [0.15, 0.2) is 18.2 Å². The van der Waals surface area contributed by atoms with Crippen LogP contribution in [0.3, 0.4) is 0 Å². The van der Waals surface area contributed by atoms with Crippen molar-refractivity contribution < 1.29 is 19.2 Å². The fourth-order valence-corrected chi connectivity index (χ4v) is 3.87. The molecule has 7 nitrogen and oxygen atoms in total. The summed E-state index contributed by atoms with van der Waals surface area (Å²) < 4.78 is 0. The third-order valence-electron chi connectivity index (χ3n) is 5.46. The van der Waals surface area contributed by atoms with Crippen LogP contribution < -0.4 is 5.32 Å². The fourth-order valence-electron chi connectivity index (χ4n) is 3.87. The first-order chi connectivity index (χ1) is 13.5. The monoisotopic (exact) mass is 399 g/mol. The predicted octanol–water partition coefficient (Wildman–Crippen LogP) is 2.46. The minimum atomic E-state index is -0.628. The van der Waals surface area contributed by atoms with Crippen molar-refractivity contribution >= 4 is 23.6 Å². The number of carbonyl (C=O) groups excluding carboxylic acids is 4. The molecule has 1 N–H and O–H groups in total. The lowest BCUT2D eigenvalue weighted by atomic mass is 10.0. The number of rotatable bonds is 3. The molecule has 0 bridgehead atoms. The summed E-state index contributed by atoms with van der Waals surface area (Å²) in [5, 5.41) is 3.00. The number of carbonyl (C=O) groups is 4. The molecule has 29 heavy (non-hydrogen) atoms. The molecular formula is C22H29N3O4. The van der Waals surface area contributed by atoms with Crippen molar-refractivity contribution in [2.24, 2.45) is 5.92 Å². The second-order valence-electron chi connectivity index (χ2n) is 9.10. The number of imide groups is 1. The van der Waals surface area contributed by atoms with Gasteiger partial charge in [0, 0.05) is 36.2 Å². The Balaban J connectivity index is 1.67. The van der Waals surface area contributed by atoms with Crippen molar-refractivity contribution in [1.82, 2.24) is 15.1 Å². The van der Waals surface area contributed by atoms with Crippen molar-refractivity contribution in [1.29, 1.82) is 0 Å². The topological polar surface area (TPSA) is 86.8 Å². The molecule has 0 aliphatic carbocycles. The van der Waals surface area contributed by atoms with Gasteiger partial charge >= 0.3 is 0 Å². The van der Waals surface area contributed by atoms with E-state index >= 15 is 0 Å². The summed E-state index contributed by atoms with van der Waals surface area (Å²) in [5.74, 6) is -0.851. The molecule has 2 aliphatic heterocycles. The van der Waals surface area contributed by atoms with Crippen molar-refractivity contribution in [3.8, 4) is 0 Å². The molecule has 0 atom stereocenters. The maximum absolute atomic E-state index is 12.7. The number of nitrogens with one attached hydrogen (secondary N) is 1. The summed E-state index contributed by atoms with van der Waals surface area (Å²) in [5.41, 5.74) is 0.343. The molecule has 2 heterocycles. The molecule has 0 radical (unpaired) electrons. The van der Waals surface area contributed by atoms with Crippen molar-refractivity contribution in [2.75, 3.05) is 13.1 Å². The molecule has 0 spiro atoms. The highest BCUT2D eigenvalue weighted by molar-refractivity contribution is 6.22. The number of likely N-dealkylation sites (tertiary alicyclic amines) is 1. The molecule has 4 amide bonds. The van der Waals surface area contributed by atoms with Gasteiger partial charge in [-0.1, -0.05) is 13.8 Å². The van der Waals surface area contributed by atoms with Crippen LogP contribution in [0.1, 0.15) is 78.5 Å². The second-order valence-corrected chi connectivity index (χ2v) is 9.10. The first kappa shape index (κ1) is 21.0. The Morgan fingerprint density at radius 1 is 1.03 bits per heavy atom. The van der Waals surface area contributed by atoms with Gasteiger partial charge in [0.15, 0.2) is 0 Å². The van der Waals surface area contributed by atoms with E-state index in [4.69, 9.17) is 0 Å². The zero-order valence-corrected chi connectivity index (χ0v) is 17.7. The molecule has 1 saturated heterocycles. The molecule has 1 fully saturated rings. The summed E-state index contributed by atoms with van der Waals surface area (Å²) in [7, 11) is 0. The van der Waals surface area contributed by atoms with Crippen LogP contribution in [-0.2, 0) is 4.79 Å². The maximum atomic E-state index is 12.7. The fraction of sp³-hybridized carbons (Fsp3) is 0.545. The van der Waals surface area contributed by atoms with E-state index in [-0.39, 0.29) is 41.2 Å². The van der Waals surface area contributed by atoms with Gasteiger partial charge in [0.2, 0.25) is 5.91 Å². The van der Waals surface area contributed by atoms with Gasteiger partial charge in [0.25, 0.3) is 17.7 Å². The zero-order chi connectivity index (χ0) is 21.5. The number of hydrogen-bond acceptors (Lipinski definition) is 4. The number of fused-ring (bicyclic) bond motifs is 1. The molecule has 156 valence electrons. The standard InChI is InChI=1S/C22H29N3O4/c1-13(2)19(27)24-10-8-15(9-11-24)23-18(26)14-6-7-16-17(12-14)21(29)25(20(16)28)22(3,4)5/h6-7,12-13,15H,8-11H2,1-5H3,(H,23,26). The van der Waals surface area contributed by atoms with Gasteiger partial charge in [-0.05, 0) is 51.8 Å². The number of hydrogen-bond donors (Lipinski definition) is 1. The van der Waals surface area contributed by atoms with Crippen LogP contribution in [0.4, 0.5) is 0 Å². The van der Waals surface area contributed by atoms with Crippen LogP contribution in [0.5, 0.6) is 0 Å². The highest BCUT2D eigenvalue weighted by Crippen LogP contribution is 2.30. The summed E-state index contributed by atoms with van der Waals surface area (Å²) in [4.78, 5) is 53.1. The second kappa shape index (κ2) is 7.61. The minimum absolute atomic E-state index is 0.0182. The first-order valence-corrected chi connectivity index (χ1v) is 10.1. The SMILES string of the molecule is CC(C)C(=O)N1CCC(NC(=O)c2ccc3c(c2)C(=O)N(C(C)(C)C)C3=O)CC1. The highest BCUT2D eigenvalue weighted by Gasteiger charge is 2.42. The summed E-state index contributed by atoms with van der Waals surface area (Å²) in [6.45, 7) is 10.4. The number of benzene rings is 1. The van der Waals surface area contributed by atoms with E-state index in [1.165, 1.54) is 11.0 Å². The van der Waals surface area contributed by atoms with Gasteiger partial charge in [-0.2, -0.15) is 0 Å². The first-order valence-electron chi connectivity index (χ1n) is 10.1. The molecule has 2 aliphatic rings. The average Bonchev–Trinajstić information content (AvgIpc) is 2.91. The van der Waals surface area contributed by atoms with Gasteiger partial charge in [-0.3, -0.25) is 24.1 Å². The number of piperidine rings is 1. The van der Waals surface area contributed by atoms with Crippen molar-refractivity contribution in [3.05, 3.63) is 34.9 Å². The number of nitrogens with zero attached hydrogens (tertiary/aromatic N) is 2. The molecule has 0 aromatic heterocycles. The van der Waals surface area contributed by atoms with Crippen molar-refractivity contribution in [2.45, 2.75) is 59.0 Å². The Kier molecular flexibility index (Phi) is 5.52. The summed E-state index contributed by atoms with van der Waals surface area (Å²) >= 11 is 0. The van der Waals surface area contributed by atoms with Gasteiger partial charge in [0.05, 0.1) is 11.1 Å². The molecule has 0 unspecified atom stereocenters. The highest BCUT2D eigenvalue weighted by atomic mass is 16.2. The van der Waals surface area contributed by atoms with E-state index in [1.54, 1.807) is 32.9 Å². The molecular weight excluding hydrogens is 370 g/mol. The van der Waals surface area contributed by atoms with Crippen LogP contribution in [0.2, 0.25) is 0 Å². The van der Waals surface area contributed by atoms with E-state index in [2.05, 4.69) is 5.32 Å². The average molecular weight is 399 g/mol. The van der Waals surface area contributed by atoms with Gasteiger partial charge < -0.3 is 10.2 Å². The Morgan fingerprint density at radius 3 is 2.17 bits per heavy atom. The quantitative estimate of drug-likeness (QED) is 0.791. The third kappa shape index (κ3) is 4.04. The minimum Gasteiger partial charge on any atom is -0.349 e. The molecule has 0 saturated carbocycles. The van der Waals surface area contributed by atoms with Gasteiger partial charge in [-0.15, -0.1) is 0 Å². The number of amides is 4. The Morgan fingerprint density at radius 2 is 1.62 bits per heavy atom. The maximum Gasteiger partial charge on any atom is 0.262 e. The molecule has 7 heteroatoms. The van der Waals surface area contributed by atoms with Gasteiger partial charge in [0.1, 0.15) is 0 Å². The van der Waals surface area contributed by atoms with Crippen LogP contribution in [-0.4, -0.2) is 58.1 Å². The Labute approximate surface area is 171 Å². The lowest BCUT2D eigenvalue weighted by Crippen LogP contribution is -2.47. The van der Waals surface area contributed by atoms with E-state index in [0.29, 0.717) is 37.1 Å². The molecule has 1 aromatic carbocycles.